The summed E-state index contributed by atoms with van der Waals surface area (Å²) in [5, 5.41) is 1.03. The van der Waals surface area contributed by atoms with Crippen LogP contribution in [0.4, 0.5) is 0 Å². The fourth-order valence-electron chi connectivity index (χ4n) is 1.83. The molecule has 0 aliphatic carbocycles. The van der Waals surface area contributed by atoms with E-state index in [-0.39, 0.29) is 0 Å². The maximum atomic E-state index is 6.30. The van der Waals surface area contributed by atoms with Crippen LogP contribution >= 0.6 is 23.2 Å². The van der Waals surface area contributed by atoms with Crippen molar-refractivity contribution in [3.8, 4) is 0 Å². The van der Waals surface area contributed by atoms with Crippen molar-refractivity contribution in [2.75, 3.05) is 0 Å². The Balaban J connectivity index is 2.58. The highest BCUT2D eigenvalue weighted by molar-refractivity contribution is 6.42. The van der Waals surface area contributed by atoms with Crippen molar-refractivity contribution < 1.29 is 0 Å². The molecule has 2 aromatic rings. The second-order valence-electron chi connectivity index (χ2n) is 4.23. The molecule has 0 atom stereocenters. The van der Waals surface area contributed by atoms with E-state index >= 15 is 0 Å². The zero-order chi connectivity index (χ0) is 12.6. The third-order valence-electron chi connectivity index (χ3n) is 3.26. The maximum Gasteiger partial charge on any atom is 0.127 e. The van der Waals surface area contributed by atoms with Crippen molar-refractivity contribution in [2.24, 2.45) is 5.73 Å². The molecule has 0 aliphatic heterocycles. The highest BCUT2D eigenvalue weighted by Crippen LogP contribution is 2.30. The fraction of sp³-hybridized carbons (Fsp3) is 0.417. The average Bonchev–Trinajstić information content (AvgIpc) is 2.72. The molecule has 0 radical (unpaired) electrons. The molecule has 5 heteroatoms. The molecule has 0 bridgehead atoms. The van der Waals surface area contributed by atoms with Gasteiger partial charge in [0, 0.05) is 0 Å². The van der Waals surface area contributed by atoms with Gasteiger partial charge in [-0.1, -0.05) is 37.0 Å². The number of H-pyrrole nitrogens is 1. The quantitative estimate of drug-likeness (QED) is 0.891. The molecular weight excluding hydrogens is 257 g/mol. The van der Waals surface area contributed by atoms with Gasteiger partial charge in [0.25, 0.3) is 0 Å². The summed E-state index contributed by atoms with van der Waals surface area (Å²) < 4.78 is 0. The van der Waals surface area contributed by atoms with Crippen LogP contribution in [0.25, 0.3) is 11.0 Å². The zero-order valence-electron chi connectivity index (χ0n) is 9.85. The first kappa shape index (κ1) is 12.7. The van der Waals surface area contributed by atoms with E-state index in [9.17, 15) is 0 Å². The van der Waals surface area contributed by atoms with Crippen molar-refractivity contribution in [3.63, 3.8) is 0 Å². The lowest BCUT2D eigenvalue weighted by atomic mass is 9.93. The van der Waals surface area contributed by atoms with E-state index in [1.54, 1.807) is 12.1 Å². The van der Waals surface area contributed by atoms with E-state index in [1.165, 1.54) is 0 Å². The summed E-state index contributed by atoms with van der Waals surface area (Å²) in [5.41, 5.74) is 7.54. The molecule has 0 fully saturated rings. The number of hydrogen-bond donors (Lipinski definition) is 2. The van der Waals surface area contributed by atoms with E-state index in [4.69, 9.17) is 28.9 Å². The lowest BCUT2D eigenvalue weighted by Gasteiger charge is -2.23. The van der Waals surface area contributed by atoms with Crippen LogP contribution in [0.5, 0.6) is 0 Å². The first-order valence-corrected chi connectivity index (χ1v) is 6.40. The predicted octanol–water partition coefficient (Wildman–Crippen LogP) is 3.84. The predicted molar refractivity (Wildman–Crippen MR) is 72.6 cm³/mol. The molecule has 1 aromatic heterocycles. The number of aromatic nitrogens is 2. The molecule has 92 valence electrons. The second kappa shape index (κ2) is 4.48. The van der Waals surface area contributed by atoms with Gasteiger partial charge in [0.15, 0.2) is 0 Å². The van der Waals surface area contributed by atoms with Crippen LogP contribution in [-0.2, 0) is 5.54 Å². The smallest absolute Gasteiger partial charge is 0.127 e. The van der Waals surface area contributed by atoms with Gasteiger partial charge in [0.1, 0.15) is 5.82 Å². The Kier molecular flexibility index (Phi) is 3.34. The van der Waals surface area contributed by atoms with Crippen LogP contribution in [0.2, 0.25) is 10.0 Å². The minimum Gasteiger partial charge on any atom is -0.340 e. The van der Waals surface area contributed by atoms with Gasteiger partial charge >= 0.3 is 0 Å². The summed E-state index contributed by atoms with van der Waals surface area (Å²) in [6, 6.07) is 3.53. The van der Waals surface area contributed by atoms with E-state index in [1.807, 2.05) is 0 Å². The monoisotopic (exact) mass is 271 g/mol. The summed E-state index contributed by atoms with van der Waals surface area (Å²) in [5.74, 6) is 0.788. The van der Waals surface area contributed by atoms with Gasteiger partial charge in [-0.3, -0.25) is 0 Å². The Morgan fingerprint density at radius 1 is 1.24 bits per heavy atom. The summed E-state index contributed by atoms with van der Waals surface area (Å²) in [6.45, 7) is 4.10. The number of aromatic amines is 1. The van der Waals surface area contributed by atoms with Gasteiger partial charge in [-0.25, -0.2) is 4.98 Å². The van der Waals surface area contributed by atoms with Crippen LogP contribution in [0.3, 0.4) is 0 Å². The maximum absolute atomic E-state index is 6.30. The fourth-order valence-corrected chi connectivity index (χ4v) is 2.15. The molecule has 3 N–H and O–H groups in total. The first-order valence-electron chi connectivity index (χ1n) is 5.64. The van der Waals surface area contributed by atoms with Gasteiger partial charge < -0.3 is 10.7 Å². The normalized spacial score (nSPS) is 12.3. The average molecular weight is 272 g/mol. The number of hydrogen-bond acceptors (Lipinski definition) is 2. The van der Waals surface area contributed by atoms with Crippen LogP contribution in [0.1, 0.15) is 32.5 Å². The van der Waals surface area contributed by atoms with Gasteiger partial charge in [-0.2, -0.15) is 0 Å². The number of nitrogens with one attached hydrogen (secondary N) is 1. The van der Waals surface area contributed by atoms with Crippen molar-refractivity contribution in [1.29, 1.82) is 0 Å². The number of benzene rings is 1. The molecule has 1 aromatic carbocycles. The highest BCUT2D eigenvalue weighted by atomic mass is 35.5. The SMILES string of the molecule is CCC(N)(CC)c1nc2cc(Cl)c(Cl)cc2[nH]1. The van der Waals surface area contributed by atoms with Crippen LogP contribution in [0, 0.1) is 0 Å². The number of halogens is 2. The van der Waals surface area contributed by atoms with E-state index < -0.39 is 5.54 Å². The summed E-state index contributed by atoms with van der Waals surface area (Å²) in [7, 11) is 0. The Labute approximate surface area is 110 Å². The molecule has 0 aliphatic rings. The highest BCUT2D eigenvalue weighted by Gasteiger charge is 2.26. The molecule has 0 saturated heterocycles. The number of nitrogens with two attached hydrogens (primary N) is 1. The van der Waals surface area contributed by atoms with Crippen molar-refractivity contribution >= 4 is 34.2 Å². The number of fused-ring (bicyclic) bond motifs is 1. The summed E-state index contributed by atoms with van der Waals surface area (Å²) in [4.78, 5) is 7.73. The minimum absolute atomic E-state index is 0.419. The van der Waals surface area contributed by atoms with Crippen molar-refractivity contribution in [3.05, 3.63) is 28.0 Å². The molecule has 2 rings (SSSR count). The molecule has 0 amide bonds. The molecule has 0 spiro atoms. The minimum atomic E-state index is -0.419. The van der Waals surface area contributed by atoms with E-state index in [0.717, 1.165) is 29.7 Å². The zero-order valence-corrected chi connectivity index (χ0v) is 11.4. The van der Waals surface area contributed by atoms with Crippen LogP contribution < -0.4 is 5.73 Å². The Hall–Kier alpha value is -0.770. The van der Waals surface area contributed by atoms with Crippen LogP contribution in [-0.4, -0.2) is 9.97 Å². The molecule has 0 saturated carbocycles. The Bertz CT molecular complexity index is 505. The summed E-state index contributed by atoms with van der Waals surface area (Å²) in [6.07, 6.45) is 1.65. The van der Waals surface area contributed by atoms with Crippen molar-refractivity contribution in [2.45, 2.75) is 32.2 Å². The number of rotatable bonds is 3. The van der Waals surface area contributed by atoms with Crippen LogP contribution in [0.15, 0.2) is 12.1 Å². The lowest BCUT2D eigenvalue weighted by Crippen LogP contribution is -2.36. The molecule has 3 nitrogen and oxygen atoms in total. The topological polar surface area (TPSA) is 54.7 Å². The standard InChI is InChI=1S/C12H15Cl2N3/c1-3-12(15,4-2)11-16-9-5-7(13)8(14)6-10(9)17-11/h5-6H,3-4,15H2,1-2H3,(H,16,17). The number of nitrogens with zero attached hydrogens (tertiary/aromatic N) is 1. The Morgan fingerprint density at radius 2 is 1.82 bits per heavy atom. The van der Waals surface area contributed by atoms with Gasteiger partial charge in [-0.05, 0) is 25.0 Å². The second-order valence-corrected chi connectivity index (χ2v) is 5.05. The van der Waals surface area contributed by atoms with E-state index in [2.05, 4.69) is 23.8 Å². The van der Waals surface area contributed by atoms with E-state index in [0.29, 0.717) is 10.0 Å². The first-order chi connectivity index (χ1) is 8.00. The lowest BCUT2D eigenvalue weighted by molar-refractivity contribution is 0.392. The molecule has 17 heavy (non-hydrogen) atoms. The molecule has 1 heterocycles. The van der Waals surface area contributed by atoms with Gasteiger partial charge in [0.05, 0.1) is 26.6 Å². The Morgan fingerprint density at radius 3 is 2.41 bits per heavy atom. The van der Waals surface area contributed by atoms with Gasteiger partial charge in [-0.15, -0.1) is 0 Å². The third kappa shape index (κ3) is 2.15. The molecule has 0 unspecified atom stereocenters. The van der Waals surface area contributed by atoms with Crippen molar-refractivity contribution in [1.82, 2.24) is 9.97 Å². The third-order valence-corrected chi connectivity index (χ3v) is 3.98. The number of imidazole rings is 1. The molecular formula is C12H15Cl2N3. The largest absolute Gasteiger partial charge is 0.340 e. The summed E-state index contributed by atoms with van der Waals surface area (Å²) >= 11 is 11.9. The van der Waals surface area contributed by atoms with Gasteiger partial charge in [0.2, 0.25) is 0 Å².